The number of ether oxygens (including phenoxy) is 1. The Hall–Kier alpha value is -1.73. The molecule has 0 saturated carbocycles. The maximum absolute atomic E-state index is 5.47. The number of anilines is 1. The minimum atomic E-state index is 0.483. The Morgan fingerprint density at radius 2 is 2.09 bits per heavy atom. The summed E-state index contributed by atoms with van der Waals surface area (Å²) in [4.78, 5) is 18.3. The van der Waals surface area contributed by atoms with E-state index in [0.717, 1.165) is 50.6 Å². The van der Waals surface area contributed by atoms with Gasteiger partial charge in [0.1, 0.15) is 11.8 Å². The van der Waals surface area contributed by atoms with Gasteiger partial charge in [-0.3, -0.25) is 4.90 Å². The topological polar surface area (TPSA) is 79.0 Å². The van der Waals surface area contributed by atoms with E-state index in [-0.39, 0.29) is 0 Å². The molecule has 0 aromatic carbocycles. The van der Waals surface area contributed by atoms with Crippen LogP contribution in [0.25, 0.3) is 11.2 Å². The Morgan fingerprint density at radius 1 is 1.27 bits per heavy atom. The lowest BCUT2D eigenvalue weighted by molar-refractivity contribution is 0.0150. The van der Waals surface area contributed by atoms with Crippen molar-refractivity contribution in [2.45, 2.75) is 26.3 Å². The summed E-state index contributed by atoms with van der Waals surface area (Å²) in [5.41, 5.74) is 1.57. The molecule has 0 bridgehead atoms. The van der Waals surface area contributed by atoms with E-state index < -0.39 is 0 Å². The van der Waals surface area contributed by atoms with E-state index in [2.05, 4.69) is 44.0 Å². The highest BCUT2D eigenvalue weighted by Gasteiger charge is 2.22. The first-order chi connectivity index (χ1) is 10.7. The number of fused-ring (bicyclic) bond motifs is 1. The average Bonchev–Trinajstić information content (AvgIpc) is 3.01. The molecule has 2 aromatic heterocycles. The summed E-state index contributed by atoms with van der Waals surface area (Å²) >= 11 is 0. The van der Waals surface area contributed by atoms with Crippen molar-refractivity contribution in [3.8, 4) is 0 Å². The second-order valence-electron chi connectivity index (χ2n) is 6.14. The van der Waals surface area contributed by atoms with Crippen LogP contribution in [0.1, 0.15) is 20.3 Å². The fraction of sp³-hybridized carbons (Fsp3) is 0.667. The highest BCUT2D eigenvalue weighted by molar-refractivity contribution is 5.81. The maximum Gasteiger partial charge on any atom is 0.182 e. The van der Waals surface area contributed by atoms with Crippen molar-refractivity contribution in [1.82, 2.24) is 24.8 Å². The van der Waals surface area contributed by atoms with E-state index in [1.807, 2.05) is 0 Å². The second kappa shape index (κ2) is 7.02. The van der Waals surface area contributed by atoms with Crippen molar-refractivity contribution >= 4 is 17.0 Å². The molecule has 0 aliphatic carbocycles. The maximum atomic E-state index is 5.47. The monoisotopic (exact) mass is 304 g/mol. The molecule has 0 amide bonds. The van der Waals surface area contributed by atoms with Gasteiger partial charge in [0, 0.05) is 25.7 Å². The SMILES string of the molecule is CC(C)CC(CNc1ncnc2nc[nH]c12)N1CCOCC1. The first-order valence-electron chi connectivity index (χ1n) is 7.94. The van der Waals surface area contributed by atoms with E-state index in [9.17, 15) is 0 Å². The van der Waals surface area contributed by atoms with Crippen LogP contribution < -0.4 is 5.32 Å². The van der Waals surface area contributed by atoms with Crippen LogP contribution in [-0.4, -0.2) is 63.7 Å². The third kappa shape index (κ3) is 3.53. The Balaban J connectivity index is 1.68. The van der Waals surface area contributed by atoms with E-state index in [4.69, 9.17) is 4.74 Å². The number of imidazole rings is 1. The molecule has 0 spiro atoms. The van der Waals surface area contributed by atoms with Gasteiger partial charge in [-0.25, -0.2) is 15.0 Å². The van der Waals surface area contributed by atoms with Gasteiger partial charge in [-0.05, 0) is 12.3 Å². The number of nitrogens with one attached hydrogen (secondary N) is 2. The Bertz CT molecular complexity index is 592. The van der Waals surface area contributed by atoms with Crippen LogP contribution in [0.3, 0.4) is 0 Å². The zero-order valence-electron chi connectivity index (χ0n) is 13.2. The molecule has 2 aromatic rings. The summed E-state index contributed by atoms with van der Waals surface area (Å²) in [6, 6.07) is 0.483. The number of hydrogen-bond acceptors (Lipinski definition) is 6. The summed E-state index contributed by atoms with van der Waals surface area (Å²) in [5, 5.41) is 3.47. The molecule has 3 heterocycles. The van der Waals surface area contributed by atoms with Gasteiger partial charge in [0.2, 0.25) is 0 Å². The number of rotatable bonds is 6. The minimum Gasteiger partial charge on any atom is -0.379 e. The first kappa shape index (κ1) is 15.2. The third-order valence-electron chi connectivity index (χ3n) is 4.03. The van der Waals surface area contributed by atoms with Gasteiger partial charge in [0.25, 0.3) is 0 Å². The lowest BCUT2D eigenvalue weighted by Crippen LogP contribution is -2.47. The molecule has 1 fully saturated rings. The standard InChI is InChI=1S/C15H24N6O/c1-11(2)7-12(21-3-5-22-6-4-21)8-16-14-13-15(18-9-17-13)20-10-19-14/h9-12H,3-8H2,1-2H3,(H2,16,17,18,19,20). The van der Waals surface area contributed by atoms with E-state index >= 15 is 0 Å². The highest BCUT2D eigenvalue weighted by Crippen LogP contribution is 2.17. The number of hydrogen-bond donors (Lipinski definition) is 2. The van der Waals surface area contributed by atoms with Gasteiger partial charge in [0.15, 0.2) is 11.5 Å². The van der Waals surface area contributed by atoms with Gasteiger partial charge in [-0.1, -0.05) is 13.8 Å². The fourth-order valence-electron chi connectivity index (χ4n) is 2.96. The molecule has 2 N–H and O–H groups in total. The first-order valence-corrected chi connectivity index (χ1v) is 7.94. The van der Waals surface area contributed by atoms with Crippen LogP contribution in [0.15, 0.2) is 12.7 Å². The summed E-state index contributed by atoms with van der Waals surface area (Å²) in [6.07, 6.45) is 4.36. The molecule has 1 aliphatic rings. The van der Waals surface area contributed by atoms with Gasteiger partial charge in [0.05, 0.1) is 19.5 Å². The van der Waals surface area contributed by atoms with Crippen molar-refractivity contribution < 1.29 is 4.74 Å². The number of H-pyrrole nitrogens is 1. The molecule has 1 atom stereocenters. The van der Waals surface area contributed by atoms with Crippen LogP contribution in [-0.2, 0) is 4.74 Å². The molecular formula is C15H24N6O. The highest BCUT2D eigenvalue weighted by atomic mass is 16.5. The molecular weight excluding hydrogens is 280 g/mol. The van der Waals surface area contributed by atoms with Crippen LogP contribution in [0, 0.1) is 5.92 Å². The van der Waals surface area contributed by atoms with Crippen molar-refractivity contribution in [3.63, 3.8) is 0 Å². The molecule has 120 valence electrons. The predicted molar refractivity (Wildman–Crippen MR) is 85.8 cm³/mol. The zero-order chi connectivity index (χ0) is 15.4. The molecule has 7 nitrogen and oxygen atoms in total. The average molecular weight is 304 g/mol. The summed E-state index contributed by atoms with van der Waals surface area (Å²) in [7, 11) is 0. The second-order valence-corrected chi connectivity index (χ2v) is 6.14. The molecule has 7 heteroatoms. The number of aromatic nitrogens is 4. The van der Waals surface area contributed by atoms with Crippen LogP contribution in [0.2, 0.25) is 0 Å². The molecule has 1 aliphatic heterocycles. The third-order valence-corrected chi connectivity index (χ3v) is 4.03. The molecule has 1 unspecified atom stereocenters. The van der Waals surface area contributed by atoms with Crippen molar-refractivity contribution in [1.29, 1.82) is 0 Å². The van der Waals surface area contributed by atoms with E-state index in [1.165, 1.54) is 0 Å². The molecule has 3 rings (SSSR count). The fourth-order valence-corrected chi connectivity index (χ4v) is 2.96. The van der Waals surface area contributed by atoms with Crippen molar-refractivity contribution in [2.24, 2.45) is 5.92 Å². The van der Waals surface area contributed by atoms with Gasteiger partial charge in [-0.2, -0.15) is 0 Å². The van der Waals surface area contributed by atoms with Crippen LogP contribution in [0.5, 0.6) is 0 Å². The lowest BCUT2D eigenvalue weighted by Gasteiger charge is -2.35. The van der Waals surface area contributed by atoms with Crippen LogP contribution >= 0.6 is 0 Å². The Labute approximate surface area is 130 Å². The zero-order valence-corrected chi connectivity index (χ0v) is 13.2. The van der Waals surface area contributed by atoms with E-state index in [0.29, 0.717) is 17.6 Å². The molecule has 0 radical (unpaired) electrons. The Morgan fingerprint density at radius 3 is 2.86 bits per heavy atom. The Kier molecular flexibility index (Phi) is 4.84. The van der Waals surface area contributed by atoms with Gasteiger partial charge in [-0.15, -0.1) is 0 Å². The predicted octanol–water partition coefficient (Wildman–Crippen LogP) is 1.51. The smallest absolute Gasteiger partial charge is 0.182 e. The largest absolute Gasteiger partial charge is 0.379 e. The number of nitrogens with zero attached hydrogens (tertiary/aromatic N) is 4. The van der Waals surface area contributed by atoms with Gasteiger partial charge >= 0.3 is 0 Å². The quantitative estimate of drug-likeness (QED) is 0.842. The lowest BCUT2D eigenvalue weighted by atomic mass is 10.0. The van der Waals surface area contributed by atoms with Gasteiger partial charge < -0.3 is 15.0 Å². The summed E-state index contributed by atoms with van der Waals surface area (Å²) in [5.74, 6) is 1.48. The number of aromatic amines is 1. The van der Waals surface area contributed by atoms with Crippen molar-refractivity contribution in [3.05, 3.63) is 12.7 Å². The van der Waals surface area contributed by atoms with Crippen LogP contribution in [0.4, 0.5) is 5.82 Å². The normalized spacial score (nSPS) is 18.0. The summed E-state index contributed by atoms with van der Waals surface area (Å²) < 4.78 is 5.47. The number of morpholine rings is 1. The minimum absolute atomic E-state index is 0.483. The summed E-state index contributed by atoms with van der Waals surface area (Å²) in [6.45, 7) is 9.06. The van der Waals surface area contributed by atoms with Crippen molar-refractivity contribution in [2.75, 3.05) is 38.2 Å². The van der Waals surface area contributed by atoms with E-state index in [1.54, 1.807) is 12.7 Å². The molecule has 1 saturated heterocycles. The molecule has 22 heavy (non-hydrogen) atoms.